The smallest absolute Gasteiger partial charge is 0.186 e. The highest BCUT2D eigenvalue weighted by atomic mass is 32.2. The predicted octanol–water partition coefficient (Wildman–Crippen LogP) is 7.29. The summed E-state index contributed by atoms with van der Waals surface area (Å²) >= 11 is -1.85. The molecule has 0 saturated heterocycles. The predicted molar refractivity (Wildman–Crippen MR) is 109 cm³/mol. The highest BCUT2D eigenvalue weighted by molar-refractivity contribution is 7.79. The second kappa shape index (κ2) is 15.6. The van der Waals surface area contributed by atoms with Crippen molar-refractivity contribution < 1.29 is 8.76 Å². The Hall–Kier alpha value is -0.670. The Morgan fingerprint density at radius 2 is 1.08 bits per heavy atom. The van der Waals surface area contributed by atoms with E-state index in [0.717, 1.165) is 6.42 Å². The van der Waals surface area contributed by atoms with E-state index in [1.165, 1.54) is 95.5 Å². The number of hydrogen-bond acceptors (Lipinski definition) is 1. The first-order valence-corrected chi connectivity index (χ1v) is 11.5. The van der Waals surface area contributed by atoms with Crippen molar-refractivity contribution in [3.63, 3.8) is 0 Å². The van der Waals surface area contributed by atoms with Crippen LogP contribution in [0.5, 0.6) is 0 Å². The summed E-state index contributed by atoms with van der Waals surface area (Å²) < 4.78 is 19.9. The van der Waals surface area contributed by atoms with Gasteiger partial charge in [0.1, 0.15) is 0 Å². The Morgan fingerprint density at radius 1 is 0.680 bits per heavy atom. The fourth-order valence-corrected chi connectivity index (χ4v) is 3.67. The molecule has 0 amide bonds. The first kappa shape index (κ1) is 22.4. The molecule has 0 aliphatic carbocycles. The average molecular weight is 367 g/mol. The van der Waals surface area contributed by atoms with E-state index in [9.17, 15) is 4.21 Å². The lowest BCUT2D eigenvalue weighted by molar-refractivity contribution is 0.535. The lowest BCUT2D eigenvalue weighted by atomic mass is 10.0. The first-order valence-electron chi connectivity index (χ1n) is 10.4. The standard InChI is InChI=1S/C22H38O2S/c1-2-3-4-5-6-7-8-9-10-11-12-13-14-15-16-21-17-19-22(20-18-21)25(23)24/h17-20H,2-16H2,1H3,(H,23,24). The minimum atomic E-state index is -1.85. The van der Waals surface area contributed by atoms with E-state index in [2.05, 4.69) is 6.92 Å². The molecule has 0 spiro atoms. The third-order valence-corrected chi connectivity index (χ3v) is 5.62. The van der Waals surface area contributed by atoms with Gasteiger partial charge in [-0.2, -0.15) is 0 Å². The van der Waals surface area contributed by atoms with Gasteiger partial charge in [-0.25, -0.2) is 4.21 Å². The van der Waals surface area contributed by atoms with E-state index in [1.807, 2.05) is 12.1 Å². The zero-order valence-electron chi connectivity index (χ0n) is 16.2. The quantitative estimate of drug-likeness (QED) is 0.246. The third-order valence-electron chi connectivity index (χ3n) is 4.94. The van der Waals surface area contributed by atoms with Gasteiger partial charge in [0.05, 0.1) is 4.90 Å². The first-order chi connectivity index (χ1) is 12.2. The molecule has 0 radical (unpaired) electrons. The second-order valence-corrected chi connectivity index (χ2v) is 8.21. The van der Waals surface area contributed by atoms with Crippen LogP contribution in [0.3, 0.4) is 0 Å². The largest absolute Gasteiger partial charge is 0.302 e. The lowest BCUT2D eigenvalue weighted by Crippen LogP contribution is -1.90. The monoisotopic (exact) mass is 366 g/mol. The lowest BCUT2D eigenvalue weighted by Gasteiger charge is -2.04. The van der Waals surface area contributed by atoms with E-state index in [1.54, 1.807) is 12.1 Å². The summed E-state index contributed by atoms with van der Waals surface area (Å²) in [5, 5.41) is 0. The molecule has 0 aliphatic heterocycles. The van der Waals surface area contributed by atoms with Crippen LogP contribution < -0.4 is 0 Å². The number of benzene rings is 1. The fourth-order valence-electron chi connectivity index (χ4n) is 3.30. The molecule has 2 nitrogen and oxygen atoms in total. The maximum Gasteiger partial charge on any atom is 0.186 e. The topological polar surface area (TPSA) is 37.3 Å². The molecule has 1 rings (SSSR count). The molecule has 1 N–H and O–H groups in total. The summed E-state index contributed by atoms with van der Waals surface area (Å²) in [5.41, 5.74) is 1.27. The number of rotatable bonds is 16. The van der Waals surface area contributed by atoms with Crippen molar-refractivity contribution in [2.75, 3.05) is 0 Å². The van der Waals surface area contributed by atoms with Crippen molar-refractivity contribution in [1.82, 2.24) is 0 Å². The van der Waals surface area contributed by atoms with Crippen LogP contribution in [0, 0.1) is 0 Å². The molecular weight excluding hydrogens is 328 g/mol. The molecule has 1 aromatic carbocycles. The number of unbranched alkanes of at least 4 members (excludes halogenated alkanes) is 13. The molecule has 1 unspecified atom stereocenters. The Bertz CT molecular complexity index is 442. The van der Waals surface area contributed by atoms with Gasteiger partial charge in [-0.05, 0) is 30.5 Å². The maximum atomic E-state index is 10.9. The zero-order valence-corrected chi connectivity index (χ0v) is 17.0. The van der Waals surface area contributed by atoms with Crippen molar-refractivity contribution >= 4 is 11.1 Å². The summed E-state index contributed by atoms with van der Waals surface area (Å²) in [7, 11) is 0. The van der Waals surface area contributed by atoms with Gasteiger partial charge in [0.15, 0.2) is 11.1 Å². The van der Waals surface area contributed by atoms with Gasteiger partial charge >= 0.3 is 0 Å². The molecule has 0 bridgehead atoms. The summed E-state index contributed by atoms with van der Waals surface area (Å²) in [5.74, 6) is 0. The van der Waals surface area contributed by atoms with Crippen LogP contribution in [0.15, 0.2) is 29.2 Å². The van der Waals surface area contributed by atoms with Crippen molar-refractivity contribution in [3.8, 4) is 0 Å². The molecule has 144 valence electrons. The minimum absolute atomic E-state index is 0.490. The van der Waals surface area contributed by atoms with Crippen LogP contribution in [-0.2, 0) is 17.5 Å². The molecule has 0 fully saturated rings. The van der Waals surface area contributed by atoms with E-state index < -0.39 is 11.1 Å². The number of hydrogen-bond donors (Lipinski definition) is 1. The summed E-state index contributed by atoms with van der Waals surface area (Å²) in [6.45, 7) is 2.28. The highest BCUT2D eigenvalue weighted by Gasteiger charge is 2.00. The Morgan fingerprint density at radius 3 is 1.48 bits per heavy atom. The molecule has 0 heterocycles. The van der Waals surface area contributed by atoms with Gasteiger partial charge in [-0.15, -0.1) is 0 Å². The van der Waals surface area contributed by atoms with Gasteiger partial charge in [0.25, 0.3) is 0 Å². The molecule has 25 heavy (non-hydrogen) atoms. The number of aryl methyl sites for hydroxylation is 1. The van der Waals surface area contributed by atoms with Crippen molar-refractivity contribution in [1.29, 1.82) is 0 Å². The Kier molecular flexibility index (Phi) is 13.9. The van der Waals surface area contributed by atoms with Crippen molar-refractivity contribution in [2.45, 2.75) is 108 Å². The highest BCUT2D eigenvalue weighted by Crippen LogP contribution is 2.14. The molecule has 1 aromatic rings. The minimum Gasteiger partial charge on any atom is -0.302 e. The van der Waals surface area contributed by atoms with E-state index in [-0.39, 0.29) is 0 Å². The van der Waals surface area contributed by atoms with E-state index in [4.69, 9.17) is 4.55 Å². The van der Waals surface area contributed by atoms with Crippen molar-refractivity contribution in [2.24, 2.45) is 0 Å². The van der Waals surface area contributed by atoms with Crippen LogP contribution in [0.1, 0.15) is 102 Å². The van der Waals surface area contributed by atoms with Gasteiger partial charge < -0.3 is 4.55 Å². The Labute approximate surface area is 158 Å². The fraction of sp³-hybridized carbons (Fsp3) is 0.727. The molecular formula is C22H38O2S. The third kappa shape index (κ3) is 12.3. The van der Waals surface area contributed by atoms with Crippen LogP contribution in [0.25, 0.3) is 0 Å². The molecule has 0 saturated carbocycles. The summed E-state index contributed by atoms with van der Waals surface area (Å²) in [4.78, 5) is 0.490. The Balaban J connectivity index is 1.85. The van der Waals surface area contributed by atoms with Crippen LogP contribution >= 0.6 is 0 Å². The average Bonchev–Trinajstić information content (AvgIpc) is 2.62. The van der Waals surface area contributed by atoms with Crippen molar-refractivity contribution in [3.05, 3.63) is 29.8 Å². The van der Waals surface area contributed by atoms with Crippen LogP contribution in [0.4, 0.5) is 0 Å². The van der Waals surface area contributed by atoms with Crippen LogP contribution in [0.2, 0.25) is 0 Å². The summed E-state index contributed by atoms with van der Waals surface area (Å²) in [6.07, 6.45) is 20.5. The van der Waals surface area contributed by atoms with Gasteiger partial charge in [0.2, 0.25) is 0 Å². The molecule has 3 heteroatoms. The molecule has 0 aromatic heterocycles. The van der Waals surface area contributed by atoms with Gasteiger partial charge in [-0.3, -0.25) is 0 Å². The molecule has 1 atom stereocenters. The SMILES string of the molecule is CCCCCCCCCCCCCCCCc1ccc(S(=O)O)cc1. The molecule has 0 aliphatic rings. The van der Waals surface area contributed by atoms with E-state index in [0.29, 0.717) is 4.90 Å². The van der Waals surface area contributed by atoms with Crippen LogP contribution in [-0.4, -0.2) is 8.76 Å². The normalized spacial score (nSPS) is 12.4. The van der Waals surface area contributed by atoms with E-state index >= 15 is 0 Å². The second-order valence-electron chi connectivity index (χ2n) is 7.24. The zero-order chi connectivity index (χ0) is 18.2. The maximum absolute atomic E-state index is 10.9. The van der Waals surface area contributed by atoms with Gasteiger partial charge in [0, 0.05) is 0 Å². The summed E-state index contributed by atoms with van der Waals surface area (Å²) in [6, 6.07) is 7.47. The van der Waals surface area contributed by atoms with Gasteiger partial charge in [-0.1, -0.05) is 103 Å².